The summed E-state index contributed by atoms with van der Waals surface area (Å²) in [6.07, 6.45) is 0. The first-order valence-electron chi connectivity index (χ1n) is 2.89. The highest BCUT2D eigenvalue weighted by molar-refractivity contribution is 5.50. The van der Waals surface area contributed by atoms with Crippen LogP contribution in [0.5, 0.6) is 0 Å². The van der Waals surface area contributed by atoms with Crippen LogP contribution in [0.1, 0.15) is 0 Å². The molecule has 0 aliphatic rings. The van der Waals surface area contributed by atoms with Gasteiger partial charge in [-0.25, -0.2) is 0 Å². The van der Waals surface area contributed by atoms with E-state index in [0.29, 0.717) is 0 Å². The van der Waals surface area contributed by atoms with E-state index in [2.05, 4.69) is 0 Å². The molecule has 1 rings (SSSR count). The van der Waals surface area contributed by atoms with Crippen LogP contribution in [0.25, 0.3) is 5.53 Å². The fraction of sp³-hybridized carbons (Fsp3) is 0. The molecule has 5 heteroatoms. The number of nitro benzene ring substituents is 1. The van der Waals surface area contributed by atoms with Crippen LogP contribution >= 0.6 is 0 Å². The standard InChI is InChI=1S/C6H5N3O2/c7-8-5-3-1-2-4-6(5)9(10)11/h1-4,8H. The van der Waals surface area contributed by atoms with Gasteiger partial charge in [0.2, 0.25) is 0 Å². The first kappa shape index (κ1) is 7.33. The molecule has 0 radical (unpaired) electrons. The fourth-order valence-electron chi connectivity index (χ4n) is 0.727. The van der Waals surface area contributed by atoms with Crippen molar-refractivity contribution in [2.24, 2.45) is 0 Å². The molecule has 0 unspecified atom stereocenters. The van der Waals surface area contributed by atoms with Gasteiger partial charge in [-0.2, -0.15) is 0 Å². The van der Waals surface area contributed by atoms with Gasteiger partial charge in [-0.3, -0.25) is 15.2 Å². The molecule has 0 spiro atoms. The third-order valence-corrected chi connectivity index (χ3v) is 1.22. The number of nitro groups is 1. The fourth-order valence-corrected chi connectivity index (χ4v) is 0.727. The molecule has 0 heterocycles. The van der Waals surface area contributed by atoms with Crippen LogP contribution in [0.4, 0.5) is 11.4 Å². The van der Waals surface area contributed by atoms with Crippen LogP contribution in [0.15, 0.2) is 24.3 Å². The Morgan fingerprint density at radius 3 is 2.55 bits per heavy atom. The van der Waals surface area contributed by atoms with E-state index in [9.17, 15) is 10.1 Å². The van der Waals surface area contributed by atoms with Crippen LogP contribution in [0, 0.1) is 10.1 Å². The van der Waals surface area contributed by atoms with Crippen molar-refractivity contribution in [2.45, 2.75) is 0 Å². The molecular formula is C6H5N3O2. The smallest absolute Gasteiger partial charge is 0.339 e. The molecule has 0 aliphatic carbocycles. The van der Waals surface area contributed by atoms with Gasteiger partial charge in [0.15, 0.2) is 0 Å². The summed E-state index contributed by atoms with van der Waals surface area (Å²) in [6.45, 7) is 0. The van der Waals surface area contributed by atoms with Crippen molar-refractivity contribution in [3.63, 3.8) is 0 Å². The molecule has 0 saturated carbocycles. The SMILES string of the molecule is [N-]=[NH+]c1ccccc1[N+](=O)[O-]. The van der Waals surface area contributed by atoms with Gasteiger partial charge in [0.1, 0.15) is 0 Å². The maximum absolute atomic E-state index is 10.2. The Bertz CT molecular complexity index is 298. The third-order valence-electron chi connectivity index (χ3n) is 1.22. The predicted molar refractivity (Wildman–Crippen MR) is 37.1 cm³/mol. The van der Waals surface area contributed by atoms with Crippen molar-refractivity contribution in [1.29, 1.82) is 0 Å². The van der Waals surface area contributed by atoms with Crippen molar-refractivity contribution >= 4 is 11.4 Å². The molecular weight excluding hydrogens is 146 g/mol. The Hall–Kier alpha value is -1.78. The van der Waals surface area contributed by atoms with Gasteiger partial charge in [0, 0.05) is 12.1 Å². The van der Waals surface area contributed by atoms with E-state index >= 15 is 0 Å². The lowest BCUT2D eigenvalue weighted by Crippen LogP contribution is -2.54. The largest absolute Gasteiger partial charge is 0.502 e. The number of para-hydroxylation sites is 2. The number of hydrogen-bond donors (Lipinski definition) is 1. The minimum Gasteiger partial charge on any atom is -0.502 e. The lowest BCUT2D eigenvalue weighted by molar-refractivity contribution is -0.421. The van der Waals surface area contributed by atoms with Gasteiger partial charge in [-0.05, 0) is 0 Å². The van der Waals surface area contributed by atoms with Gasteiger partial charge >= 0.3 is 5.69 Å². The molecule has 1 N–H and O–H groups in total. The zero-order valence-corrected chi connectivity index (χ0v) is 5.52. The molecule has 11 heavy (non-hydrogen) atoms. The highest BCUT2D eigenvalue weighted by atomic mass is 16.6. The number of nitrogens with zero attached hydrogens (tertiary/aromatic N) is 2. The Kier molecular flexibility index (Phi) is 1.91. The molecule has 0 aliphatic heterocycles. The van der Waals surface area contributed by atoms with Crippen LogP contribution < -0.4 is 5.11 Å². The van der Waals surface area contributed by atoms with E-state index in [4.69, 9.17) is 5.53 Å². The second-order valence-electron chi connectivity index (χ2n) is 1.89. The third kappa shape index (κ3) is 1.37. The summed E-state index contributed by atoms with van der Waals surface area (Å²) in [6, 6.07) is 5.83. The molecule has 5 nitrogen and oxygen atoms in total. The first-order valence-corrected chi connectivity index (χ1v) is 2.89. The van der Waals surface area contributed by atoms with Crippen LogP contribution in [0.2, 0.25) is 0 Å². The summed E-state index contributed by atoms with van der Waals surface area (Å²) in [5.74, 6) is 0. The maximum atomic E-state index is 10.2. The summed E-state index contributed by atoms with van der Waals surface area (Å²) < 4.78 is 0. The topological polar surface area (TPSA) is 79.4 Å². The Morgan fingerprint density at radius 1 is 1.45 bits per heavy atom. The number of hydrogen-bond acceptors (Lipinski definition) is 2. The molecule has 0 amide bonds. The highest BCUT2D eigenvalue weighted by Crippen LogP contribution is 2.17. The van der Waals surface area contributed by atoms with Crippen molar-refractivity contribution in [2.75, 3.05) is 0 Å². The van der Waals surface area contributed by atoms with Gasteiger partial charge in [-0.1, -0.05) is 12.1 Å². The van der Waals surface area contributed by atoms with Crippen LogP contribution in [0.3, 0.4) is 0 Å². The van der Waals surface area contributed by atoms with Crippen molar-refractivity contribution in [1.82, 2.24) is 0 Å². The first-order chi connectivity index (χ1) is 5.25. The number of nitrogens with one attached hydrogen (secondary N) is 1. The maximum Gasteiger partial charge on any atom is 0.339 e. The van der Waals surface area contributed by atoms with Gasteiger partial charge in [0.25, 0.3) is 5.69 Å². The zero-order valence-electron chi connectivity index (χ0n) is 5.52. The molecule has 0 saturated heterocycles. The van der Waals surface area contributed by atoms with E-state index in [1.807, 2.05) is 0 Å². The van der Waals surface area contributed by atoms with E-state index in [1.54, 1.807) is 11.2 Å². The van der Waals surface area contributed by atoms with Crippen molar-refractivity contribution in [3.8, 4) is 0 Å². The van der Waals surface area contributed by atoms with Gasteiger partial charge in [0.05, 0.1) is 4.92 Å². The van der Waals surface area contributed by atoms with Gasteiger partial charge < -0.3 is 5.53 Å². The summed E-state index contributed by atoms with van der Waals surface area (Å²) in [5.41, 5.74) is 8.36. The molecule has 56 valence electrons. The van der Waals surface area contributed by atoms with Crippen LogP contribution in [-0.4, -0.2) is 4.92 Å². The van der Waals surface area contributed by atoms with E-state index < -0.39 is 4.92 Å². The molecule has 0 fully saturated rings. The molecule has 0 aromatic heterocycles. The predicted octanol–water partition coefficient (Wildman–Crippen LogP) is 0.328. The lowest BCUT2D eigenvalue weighted by atomic mass is 10.3. The van der Waals surface area contributed by atoms with E-state index in [0.717, 1.165) is 0 Å². The normalized spacial score (nSPS) is 9.09. The van der Waals surface area contributed by atoms with Crippen molar-refractivity contribution < 1.29 is 10.0 Å². The minimum absolute atomic E-state index is 0.0949. The molecule has 0 bridgehead atoms. The summed E-state index contributed by atoms with van der Waals surface area (Å²) in [4.78, 5) is 9.66. The molecule has 1 aromatic carbocycles. The quantitative estimate of drug-likeness (QED) is 0.375. The molecule has 1 aromatic rings. The number of benzene rings is 1. The average Bonchev–Trinajstić information content (AvgIpc) is 2.04. The number of rotatable bonds is 2. The Labute approximate surface area is 62.3 Å². The van der Waals surface area contributed by atoms with E-state index in [-0.39, 0.29) is 11.4 Å². The van der Waals surface area contributed by atoms with E-state index in [1.165, 1.54) is 18.2 Å². The second-order valence-corrected chi connectivity index (χ2v) is 1.89. The Morgan fingerprint density at radius 2 is 2.09 bits per heavy atom. The zero-order chi connectivity index (χ0) is 8.27. The summed E-state index contributed by atoms with van der Waals surface area (Å²) in [5, 5.41) is 12.0. The highest BCUT2D eigenvalue weighted by Gasteiger charge is 2.13. The minimum atomic E-state index is -0.571. The van der Waals surface area contributed by atoms with Crippen LogP contribution in [-0.2, 0) is 0 Å². The summed E-state index contributed by atoms with van der Waals surface area (Å²) in [7, 11) is 0. The Balaban J connectivity index is 3.22. The second kappa shape index (κ2) is 2.87. The molecule has 0 atom stereocenters. The lowest BCUT2D eigenvalue weighted by Gasteiger charge is -1.90. The average molecular weight is 151 g/mol. The van der Waals surface area contributed by atoms with Crippen molar-refractivity contribution in [3.05, 3.63) is 39.9 Å². The summed E-state index contributed by atoms with van der Waals surface area (Å²) >= 11 is 0. The van der Waals surface area contributed by atoms with Gasteiger partial charge in [-0.15, -0.1) is 0 Å². The monoisotopic (exact) mass is 151 g/mol.